The molecule has 0 saturated carbocycles. The number of carbonyl (C=O) groups is 2. The molecule has 5 nitrogen and oxygen atoms in total. The normalized spacial score (nSPS) is 10.4. The fourth-order valence-corrected chi connectivity index (χ4v) is 1.46. The molecule has 0 bridgehead atoms. The molecule has 1 aromatic heterocycles. The molecule has 1 rings (SSSR count). The number of carbonyl (C=O) groups excluding carboxylic acids is 2. The molecule has 0 fully saturated rings. The second-order valence-corrected chi connectivity index (χ2v) is 4.84. The summed E-state index contributed by atoms with van der Waals surface area (Å²) in [4.78, 5) is 26.8. The largest absolute Gasteiger partial charge is 0.492 e. The Bertz CT molecular complexity index is 440. The molecule has 0 spiro atoms. The Labute approximate surface area is 119 Å². The second kappa shape index (κ2) is 8.30. The van der Waals surface area contributed by atoms with Crippen molar-refractivity contribution in [1.29, 1.82) is 0 Å². The van der Waals surface area contributed by atoms with Crippen LogP contribution in [-0.4, -0.2) is 30.0 Å². The minimum absolute atomic E-state index is 0.0505. The molecule has 0 N–H and O–H groups in total. The number of aromatic nitrogens is 1. The van der Waals surface area contributed by atoms with Crippen molar-refractivity contribution < 1.29 is 19.1 Å². The van der Waals surface area contributed by atoms with Crippen molar-refractivity contribution in [3.05, 3.63) is 24.0 Å². The number of rotatable bonds is 8. The van der Waals surface area contributed by atoms with Gasteiger partial charge in [-0.2, -0.15) is 0 Å². The number of esters is 1. The van der Waals surface area contributed by atoms with Gasteiger partial charge in [0.2, 0.25) is 5.78 Å². The van der Waals surface area contributed by atoms with Crippen molar-refractivity contribution in [3.8, 4) is 5.75 Å². The summed E-state index contributed by atoms with van der Waals surface area (Å²) in [6.45, 7) is 6.76. The SMILES string of the molecule is CCOC(=O)C(=O)Cc1ccc(OCCC(C)C)cn1. The lowest BCUT2D eigenvalue weighted by molar-refractivity contribution is -0.153. The van der Waals surface area contributed by atoms with E-state index in [0.717, 1.165) is 6.42 Å². The number of pyridine rings is 1. The number of hydrogen-bond acceptors (Lipinski definition) is 5. The number of ketones is 1. The lowest BCUT2D eigenvalue weighted by atomic mass is 10.1. The first kappa shape index (κ1) is 16.1. The highest BCUT2D eigenvalue weighted by Gasteiger charge is 2.15. The Hall–Kier alpha value is -1.91. The van der Waals surface area contributed by atoms with E-state index in [4.69, 9.17) is 4.74 Å². The van der Waals surface area contributed by atoms with Gasteiger partial charge in [-0.05, 0) is 31.4 Å². The fraction of sp³-hybridized carbons (Fsp3) is 0.533. The maximum atomic E-state index is 11.5. The lowest BCUT2D eigenvalue weighted by Crippen LogP contribution is -2.19. The third-order valence-corrected chi connectivity index (χ3v) is 2.61. The van der Waals surface area contributed by atoms with Gasteiger partial charge in [-0.3, -0.25) is 9.78 Å². The summed E-state index contributed by atoms with van der Waals surface area (Å²) in [5, 5.41) is 0. The van der Waals surface area contributed by atoms with Gasteiger partial charge in [0, 0.05) is 5.69 Å². The van der Waals surface area contributed by atoms with Crippen LogP contribution in [0.4, 0.5) is 0 Å². The van der Waals surface area contributed by atoms with Gasteiger partial charge in [0.1, 0.15) is 5.75 Å². The number of nitrogens with zero attached hydrogens (tertiary/aromatic N) is 1. The first-order valence-corrected chi connectivity index (χ1v) is 6.80. The molecule has 0 radical (unpaired) electrons. The third-order valence-electron chi connectivity index (χ3n) is 2.61. The van der Waals surface area contributed by atoms with Crippen molar-refractivity contribution in [2.75, 3.05) is 13.2 Å². The Morgan fingerprint density at radius 2 is 2.05 bits per heavy atom. The Kier molecular flexibility index (Phi) is 6.70. The molecule has 0 aliphatic heterocycles. The van der Waals surface area contributed by atoms with E-state index in [2.05, 4.69) is 23.6 Å². The smallest absolute Gasteiger partial charge is 0.375 e. The standard InChI is InChI=1S/C15H21NO4/c1-4-19-15(18)14(17)9-12-5-6-13(10-16-12)20-8-7-11(2)3/h5-6,10-11H,4,7-9H2,1-3H3. The molecule has 20 heavy (non-hydrogen) atoms. The van der Waals surface area contributed by atoms with Gasteiger partial charge in [-0.15, -0.1) is 0 Å². The second-order valence-electron chi connectivity index (χ2n) is 4.84. The van der Waals surface area contributed by atoms with E-state index in [-0.39, 0.29) is 13.0 Å². The Morgan fingerprint density at radius 3 is 2.60 bits per heavy atom. The topological polar surface area (TPSA) is 65.5 Å². The minimum atomic E-state index is -0.813. The average molecular weight is 279 g/mol. The summed E-state index contributed by atoms with van der Waals surface area (Å²) in [5.41, 5.74) is 0.527. The molecule has 110 valence electrons. The fourth-order valence-electron chi connectivity index (χ4n) is 1.46. The summed E-state index contributed by atoms with van der Waals surface area (Å²) in [6.07, 6.45) is 2.49. The summed E-state index contributed by atoms with van der Waals surface area (Å²) in [6, 6.07) is 3.43. The molecule has 5 heteroatoms. The maximum Gasteiger partial charge on any atom is 0.375 e. The minimum Gasteiger partial charge on any atom is -0.492 e. The van der Waals surface area contributed by atoms with Gasteiger partial charge in [-0.1, -0.05) is 13.8 Å². The molecule has 0 saturated heterocycles. The number of hydrogen-bond donors (Lipinski definition) is 0. The molecular weight excluding hydrogens is 258 g/mol. The van der Waals surface area contributed by atoms with E-state index in [0.29, 0.717) is 24.0 Å². The summed E-state index contributed by atoms with van der Waals surface area (Å²) < 4.78 is 10.2. The first-order chi connectivity index (χ1) is 9.52. The van der Waals surface area contributed by atoms with E-state index in [1.807, 2.05) is 0 Å². The molecule has 0 unspecified atom stereocenters. The molecule has 0 aliphatic carbocycles. The van der Waals surface area contributed by atoms with Crippen LogP contribution in [0.2, 0.25) is 0 Å². The van der Waals surface area contributed by atoms with Crippen LogP contribution < -0.4 is 4.74 Å². The van der Waals surface area contributed by atoms with Gasteiger partial charge < -0.3 is 9.47 Å². The van der Waals surface area contributed by atoms with Gasteiger partial charge in [0.15, 0.2) is 0 Å². The highest BCUT2D eigenvalue weighted by atomic mass is 16.5. The van der Waals surface area contributed by atoms with Crippen LogP contribution in [0.15, 0.2) is 18.3 Å². The van der Waals surface area contributed by atoms with Gasteiger partial charge in [0.05, 0.1) is 25.8 Å². The van der Waals surface area contributed by atoms with Crippen LogP contribution in [0.5, 0.6) is 5.75 Å². The third kappa shape index (κ3) is 5.82. The van der Waals surface area contributed by atoms with Gasteiger partial charge in [0.25, 0.3) is 0 Å². The maximum absolute atomic E-state index is 11.5. The molecule has 0 aliphatic rings. The van der Waals surface area contributed by atoms with Crippen LogP contribution in [0.1, 0.15) is 32.9 Å². The van der Waals surface area contributed by atoms with Gasteiger partial charge in [-0.25, -0.2) is 4.79 Å². The summed E-state index contributed by atoms with van der Waals surface area (Å²) in [7, 11) is 0. The molecule has 1 aromatic rings. The van der Waals surface area contributed by atoms with E-state index < -0.39 is 11.8 Å². The van der Waals surface area contributed by atoms with Crippen molar-refractivity contribution in [3.63, 3.8) is 0 Å². The van der Waals surface area contributed by atoms with Crippen LogP contribution in [0.25, 0.3) is 0 Å². The van der Waals surface area contributed by atoms with Crippen LogP contribution in [-0.2, 0) is 20.7 Å². The predicted molar refractivity (Wildman–Crippen MR) is 74.5 cm³/mol. The summed E-state index contributed by atoms with van der Waals surface area (Å²) >= 11 is 0. The zero-order valence-corrected chi connectivity index (χ0v) is 12.2. The number of Topliss-reactive ketones (excluding diaryl/α,β-unsaturated/α-hetero) is 1. The van der Waals surface area contributed by atoms with Crippen LogP contribution in [0.3, 0.4) is 0 Å². The Balaban J connectivity index is 2.46. The zero-order chi connectivity index (χ0) is 15.0. The molecule has 0 atom stereocenters. The lowest BCUT2D eigenvalue weighted by Gasteiger charge is -2.08. The van der Waals surface area contributed by atoms with E-state index in [9.17, 15) is 9.59 Å². The van der Waals surface area contributed by atoms with Crippen molar-refractivity contribution in [2.24, 2.45) is 5.92 Å². The molecule has 0 aromatic carbocycles. The van der Waals surface area contributed by atoms with E-state index in [1.165, 1.54) is 0 Å². The van der Waals surface area contributed by atoms with E-state index in [1.54, 1.807) is 25.3 Å². The highest BCUT2D eigenvalue weighted by molar-refractivity contribution is 6.34. The van der Waals surface area contributed by atoms with E-state index >= 15 is 0 Å². The van der Waals surface area contributed by atoms with Crippen LogP contribution >= 0.6 is 0 Å². The monoisotopic (exact) mass is 279 g/mol. The average Bonchev–Trinajstić information content (AvgIpc) is 2.40. The van der Waals surface area contributed by atoms with Crippen LogP contribution in [0, 0.1) is 5.92 Å². The van der Waals surface area contributed by atoms with Crippen molar-refractivity contribution >= 4 is 11.8 Å². The predicted octanol–water partition coefficient (Wildman–Crippen LogP) is 2.18. The molecule has 0 amide bonds. The molecule has 1 heterocycles. The summed E-state index contributed by atoms with van der Waals surface area (Å²) in [5.74, 6) is -0.151. The highest BCUT2D eigenvalue weighted by Crippen LogP contribution is 2.11. The Morgan fingerprint density at radius 1 is 1.30 bits per heavy atom. The van der Waals surface area contributed by atoms with Gasteiger partial charge >= 0.3 is 5.97 Å². The van der Waals surface area contributed by atoms with Crippen molar-refractivity contribution in [1.82, 2.24) is 4.98 Å². The van der Waals surface area contributed by atoms with Crippen molar-refractivity contribution in [2.45, 2.75) is 33.6 Å². The quantitative estimate of drug-likeness (QED) is 0.539. The number of ether oxygens (including phenoxy) is 2. The first-order valence-electron chi connectivity index (χ1n) is 6.80. The molecular formula is C15H21NO4. The zero-order valence-electron chi connectivity index (χ0n) is 12.2.